The Bertz CT molecular complexity index is 646. The zero-order valence-corrected chi connectivity index (χ0v) is 12.2. The van der Waals surface area contributed by atoms with E-state index in [1.54, 1.807) is 17.5 Å². The second-order valence-electron chi connectivity index (χ2n) is 5.17. The molecule has 1 aliphatic rings. The van der Waals surface area contributed by atoms with Crippen LogP contribution >= 0.6 is 11.3 Å². The summed E-state index contributed by atoms with van der Waals surface area (Å²) in [4.78, 5) is 17.0. The highest BCUT2D eigenvalue weighted by Gasteiger charge is 2.18. The standard InChI is InChI=1S/C14H18N4OS/c1-8-5-10-12(20-8)11(13(15)19)7-17-14(10)18-9-3-2-4-16-6-9/h5,7,9,16H,2-4,6H2,1H3,(H2,15,19)(H,17,18)/t9-/m0/s1. The van der Waals surface area contributed by atoms with Gasteiger partial charge in [0.25, 0.3) is 5.91 Å². The van der Waals surface area contributed by atoms with Crippen LogP contribution in [0.4, 0.5) is 5.82 Å². The number of hydrogen-bond acceptors (Lipinski definition) is 5. The number of aryl methyl sites for hydroxylation is 1. The molecule has 2 aromatic heterocycles. The quantitative estimate of drug-likeness (QED) is 0.806. The smallest absolute Gasteiger partial charge is 0.251 e. The molecule has 0 saturated carbocycles. The molecule has 1 saturated heterocycles. The highest BCUT2D eigenvalue weighted by Crippen LogP contribution is 2.32. The predicted octanol–water partition coefficient (Wildman–Crippen LogP) is 1.87. The average Bonchev–Trinajstić information content (AvgIpc) is 2.81. The number of fused-ring (bicyclic) bond motifs is 1. The number of hydrogen-bond donors (Lipinski definition) is 3. The first-order valence-electron chi connectivity index (χ1n) is 6.81. The van der Waals surface area contributed by atoms with Gasteiger partial charge < -0.3 is 16.4 Å². The molecule has 106 valence electrons. The molecule has 2 aromatic rings. The van der Waals surface area contributed by atoms with E-state index in [1.807, 2.05) is 6.92 Å². The van der Waals surface area contributed by atoms with Gasteiger partial charge >= 0.3 is 0 Å². The predicted molar refractivity (Wildman–Crippen MR) is 82.4 cm³/mol. The molecule has 6 heteroatoms. The summed E-state index contributed by atoms with van der Waals surface area (Å²) in [5.41, 5.74) is 5.93. The fourth-order valence-corrected chi connectivity index (χ4v) is 3.63. The first-order valence-corrected chi connectivity index (χ1v) is 7.63. The van der Waals surface area contributed by atoms with Gasteiger partial charge in [-0.2, -0.15) is 0 Å². The number of nitrogens with one attached hydrogen (secondary N) is 2. The molecule has 1 atom stereocenters. The molecular weight excluding hydrogens is 272 g/mol. The fraction of sp³-hybridized carbons (Fsp3) is 0.429. The number of primary amides is 1. The summed E-state index contributed by atoms with van der Waals surface area (Å²) in [5.74, 6) is 0.429. The van der Waals surface area contributed by atoms with Gasteiger partial charge in [-0.1, -0.05) is 0 Å². The maximum Gasteiger partial charge on any atom is 0.251 e. The van der Waals surface area contributed by atoms with E-state index in [-0.39, 0.29) is 0 Å². The average molecular weight is 290 g/mol. The number of carbonyl (C=O) groups excluding carboxylic acids is 1. The highest BCUT2D eigenvalue weighted by atomic mass is 32.1. The molecule has 0 spiro atoms. The molecule has 0 bridgehead atoms. The third kappa shape index (κ3) is 2.48. The number of amides is 1. The number of rotatable bonds is 3. The molecule has 0 aromatic carbocycles. The Morgan fingerprint density at radius 1 is 1.60 bits per heavy atom. The van der Waals surface area contributed by atoms with Crippen LogP contribution in [0.3, 0.4) is 0 Å². The van der Waals surface area contributed by atoms with Gasteiger partial charge in [-0.15, -0.1) is 11.3 Å². The Labute approximate surface area is 121 Å². The molecular formula is C14H18N4OS. The summed E-state index contributed by atoms with van der Waals surface area (Å²) in [5, 5.41) is 7.86. The Balaban J connectivity index is 1.98. The van der Waals surface area contributed by atoms with Crippen LogP contribution in [0.15, 0.2) is 12.3 Å². The monoisotopic (exact) mass is 290 g/mol. The van der Waals surface area contributed by atoms with Crippen LogP contribution < -0.4 is 16.4 Å². The van der Waals surface area contributed by atoms with Gasteiger partial charge in [0.2, 0.25) is 0 Å². The molecule has 5 nitrogen and oxygen atoms in total. The van der Waals surface area contributed by atoms with Crippen molar-refractivity contribution in [3.8, 4) is 0 Å². The van der Waals surface area contributed by atoms with Gasteiger partial charge in [-0.05, 0) is 32.4 Å². The lowest BCUT2D eigenvalue weighted by molar-refractivity contribution is 0.100. The molecule has 1 fully saturated rings. The van der Waals surface area contributed by atoms with Crippen LogP contribution in [0.1, 0.15) is 28.1 Å². The molecule has 0 unspecified atom stereocenters. The van der Waals surface area contributed by atoms with Crippen molar-refractivity contribution in [1.29, 1.82) is 0 Å². The summed E-state index contributed by atoms with van der Waals surface area (Å²) in [6.07, 6.45) is 3.89. The van der Waals surface area contributed by atoms with Gasteiger partial charge in [0.05, 0.1) is 10.3 Å². The van der Waals surface area contributed by atoms with E-state index in [2.05, 4.69) is 21.7 Å². The normalized spacial score (nSPS) is 19.1. The second kappa shape index (κ2) is 5.38. The number of aromatic nitrogens is 1. The Morgan fingerprint density at radius 2 is 2.45 bits per heavy atom. The van der Waals surface area contributed by atoms with Crippen molar-refractivity contribution in [2.24, 2.45) is 5.73 Å². The van der Waals surface area contributed by atoms with E-state index in [4.69, 9.17) is 5.73 Å². The van der Waals surface area contributed by atoms with E-state index >= 15 is 0 Å². The second-order valence-corrected chi connectivity index (χ2v) is 6.43. The molecule has 0 radical (unpaired) electrons. The number of nitrogens with two attached hydrogens (primary N) is 1. The van der Waals surface area contributed by atoms with Crippen LogP contribution in [-0.2, 0) is 0 Å². The SMILES string of the molecule is Cc1cc2c(N[C@H]3CCCNC3)ncc(C(N)=O)c2s1. The maximum atomic E-state index is 11.5. The minimum atomic E-state index is -0.421. The first kappa shape index (κ1) is 13.3. The summed E-state index contributed by atoms with van der Waals surface area (Å²) >= 11 is 1.59. The minimum Gasteiger partial charge on any atom is -0.366 e. The van der Waals surface area contributed by atoms with Crippen molar-refractivity contribution in [2.45, 2.75) is 25.8 Å². The van der Waals surface area contributed by atoms with Gasteiger partial charge in [0, 0.05) is 29.0 Å². The molecule has 1 amide bonds. The third-order valence-corrected chi connectivity index (χ3v) is 4.66. The number of pyridine rings is 1. The Morgan fingerprint density at radius 3 is 3.15 bits per heavy atom. The molecule has 3 heterocycles. The topological polar surface area (TPSA) is 80.0 Å². The zero-order chi connectivity index (χ0) is 14.1. The minimum absolute atomic E-state index is 0.388. The number of nitrogens with zero attached hydrogens (tertiary/aromatic N) is 1. The van der Waals surface area contributed by atoms with Crippen LogP contribution in [-0.4, -0.2) is 30.0 Å². The fourth-order valence-electron chi connectivity index (χ4n) is 2.61. The molecule has 4 N–H and O–H groups in total. The van der Waals surface area contributed by atoms with E-state index in [0.29, 0.717) is 11.6 Å². The van der Waals surface area contributed by atoms with Gasteiger partial charge in [-0.25, -0.2) is 4.98 Å². The van der Waals surface area contributed by atoms with Crippen molar-refractivity contribution < 1.29 is 4.79 Å². The van der Waals surface area contributed by atoms with E-state index in [0.717, 1.165) is 40.3 Å². The van der Waals surface area contributed by atoms with Crippen molar-refractivity contribution in [3.05, 3.63) is 22.7 Å². The van der Waals surface area contributed by atoms with Crippen LogP contribution in [0, 0.1) is 6.92 Å². The molecule has 3 rings (SSSR count). The van der Waals surface area contributed by atoms with E-state index in [1.165, 1.54) is 6.42 Å². The van der Waals surface area contributed by atoms with Gasteiger partial charge in [0.1, 0.15) is 5.82 Å². The van der Waals surface area contributed by atoms with Gasteiger partial charge in [-0.3, -0.25) is 4.79 Å². The first-order chi connectivity index (χ1) is 9.65. The summed E-state index contributed by atoms with van der Waals surface area (Å²) in [6, 6.07) is 2.46. The lowest BCUT2D eigenvalue weighted by Crippen LogP contribution is -2.38. The third-order valence-electron chi connectivity index (χ3n) is 3.58. The van der Waals surface area contributed by atoms with Crippen LogP contribution in [0.2, 0.25) is 0 Å². The highest BCUT2D eigenvalue weighted by molar-refractivity contribution is 7.19. The van der Waals surface area contributed by atoms with Crippen molar-refractivity contribution in [1.82, 2.24) is 10.3 Å². The van der Waals surface area contributed by atoms with Crippen molar-refractivity contribution >= 4 is 33.1 Å². The molecule has 1 aliphatic heterocycles. The van der Waals surface area contributed by atoms with E-state index in [9.17, 15) is 4.79 Å². The zero-order valence-electron chi connectivity index (χ0n) is 11.4. The number of piperidine rings is 1. The molecule has 20 heavy (non-hydrogen) atoms. The van der Waals surface area contributed by atoms with Crippen LogP contribution in [0.25, 0.3) is 10.1 Å². The maximum absolute atomic E-state index is 11.5. The van der Waals surface area contributed by atoms with Crippen molar-refractivity contribution in [3.63, 3.8) is 0 Å². The lowest BCUT2D eigenvalue weighted by Gasteiger charge is -2.24. The molecule has 0 aliphatic carbocycles. The summed E-state index contributed by atoms with van der Waals surface area (Å²) in [6.45, 7) is 4.06. The summed E-state index contributed by atoms with van der Waals surface area (Å²) < 4.78 is 0.927. The van der Waals surface area contributed by atoms with Gasteiger partial charge in [0.15, 0.2) is 0 Å². The Kier molecular flexibility index (Phi) is 3.58. The summed E-state index contributed by atoms with van der Waals surface area (Å²) in [7, 11) is 0. The Hall–Kier alpha value is -1.66. The van der Waals surface area contributed by atoms with Crippen LogP contribution in [0.5, 0.6) is 0 Å². The number of thiophene rings is 1. The van der Waals surface area contributed by atoms with Crippen molar-refractivity contribution in [2.75, 3.05) is 18.4 Å². The number of anilines is 1. The van der Waals surface area contributed by atoms with E-state index < -0.39 is 5.91 Å². The lowest BCUT2D eigenvalue weighted by atomic mass is 10.1. The number of carbonyl (C=O) groups is 1. The largest absolute Gasteiger partial charge is 0.366 e.